The number of carbonyl (C=O) groups excluding carboxylic acids is 4. The molecule has 0 saturated carbocycles. The number of nitro groups is 1. The number of pyridine rings is 1. The van der Waals surface area contributed by atoms with Crippen LogP contribution < -0.4 is 5.32 Å². The highest BCUT2D eigenvalue weighted by Crippen LogP contribution is 2.27. The summed E-state index contributed by atoms with van der Waals surface area (Å²) < 4.78 is 8.84. The summed E-state index contributed by atoms with van der Waals surface area (Å²) in [6.45, 7) is 9.49. The summed E-state index contributed by atoms with van der Waals surface area (Å²) in [5.74, 6) is -0.555. The molecule has 4 heterocycles. The number of hydrogen-bond donors (Lipinski definition) is 1. The highest BCUT2D eigenvalue weighted by atomic mass is 16.6. The van der Waals surface area contributed by atoms with Gasteiger partial charge in [-0.1, -0.05) is 18.9 Å². The van der Waals surface area contributed by atoms with Crippen molar-refractivity contribution in [1.82, 2.24) is 34.8 Å². The van der Waals surface area contributed by atoms with Crippen LogP contribution in [-0.4, -0.2) is 77.8 Å². The molecule has 0 bridgehead atoms. The summed E-state index contributed by atoms with van der Waals surface area (Å²) in [5.41, 5.74) is 1.78. The van der Waals surface area contributed by atoms with Crippen LogP contribution in [0.25, 0.3) is 11.3 Å². The summed E-state index contributed by atoms with van der Waals surface area (Å²) in [7, 11) is 0. The first-order valence-electron chi connectivity index (χ1n) is 14.9. The molecule has 1 aliphatic heterocycles. The van der Waals surface area contributed by atoms with E-state index in [0.29, 0.717) is 32.5 Å². The summed E-state index contributed by atoms with van der Waals surface area (Å²) in [5, 5.41) is 23.1. The van der Waals surface area contributed by atoms with Gasteiger partial charge in [-0.15, -0.1) is 0 Å². The highest BCUT2D eigenvalue weighted by molar-refractivity contribution is 5.96. The fraction of sp³-hybridized carbons (Fsp3) is 0.533. The molecule has 1 N–H and O–H groups in total. The Bertz CT molecular complexity index is 1480. The Hall–Kier alpha value is -4.91. The molecule has 45 heavy (non-hydrogen) atoms. The highest BCUT2D eigenvalue weighted by Gasteiger charge is 2.31. The zero-order chi connectivity index (χ0) is 33.0. The molecule has 1 saturated heterocycles. The maximum atomic E-state index is 12.8. The number of rotatable bonds is 11. The van der Waals surface area contributed by atoms with E-state index in [1.807, 2.05) is 63.0 Å². The SMILES string of the molecule is Cc1cccc(-c2cnn(CCCCCCNC(=O)c3nn(C4CCN(C(=O)OC(C)(C)C)CC4)cc3[N+](=O)[O-])c2)n1.O=C=O. The smallest absolute Gasteiger partial charge is 0.410 e. The fourth-order valence-electron chi connectivity index (χ4n) is 4.86. The lowest BCUT2D eigenvalue weighted by molar-refractivity contribution is -0.385. The first kappa shape index (κ1) is 34.6. The van der Waals surface area contributed by atoms with Gasteiger partial charge in [0.25, 0.3) is 5.91 Å². The number of aromatic nitrogens is 5. The molecular formula is C30H40N8O7. The lowest BCUT2D eigenvalue weighted by atomic mass is 10.1. The van der Waals surface area contributed by atoms with Gasteiger partial charge in [-0.05, 0) is 65.5 Å². The van der Waals surface area contributed by atoms with Gasteiger partial charge in [-0.2, -0.15) is 19.8 Å². The summed E-state index contributed by atoms with van der Waals surface area (Å²) >= 11 is 0. The molecule has 3 aromatic heterocycles. The molecule has 0 unspecified atom stereocenters. The Morgan fingerprint density at radius 1 is 1.11 bits per heavy atom. The number of nitrogens with zero attached hydrogens (tertiary/aromatic N) is 7. The topological polar surface area (TPSA) is 184 Å². The Morgan fingerprint density at radius 3 is 2.44 bits per heavy atom. The van der Waals surface area contributed by atoms with Crippen molar-refractivity contribution in [3.05, 3.63) is 58.3 Å². The van der Waals surface area contributed by atoms with Gasteiger partial charge in [-0.25, -0.2) is 4.79 Å². The third-order valence-electron chi connectivity index (χ3n) is 7.03. The molecule has 1 fully saturated rings. The van der Waals surface area contributed by atoms with E-state index in [1.54, 1.807) is 4.90 Å². The number of aryl methyl sites for hydroxylation is 2. The quantitative estimate of drug-likeness (QED) is 0.183. The van der Waals surface area contributed by atoms with Crippen molar-refractivity contribution >= 4 is 23.8 Å². The molecule has 0 spiro atoms. The van der Waals surface area contributed by atoms with Crippen LogP contribution in [0.1, 0.15) is 81.5 Å². The van der Waals surface area contributed by atoms with Crippen molar-refractivity contribution in [3.63, 3.8) is 0 Å². The molecule has 0 radical (unpaired) electrons. The number of nitrogens with one attached hydrogen (secondary N) is 1. The average Bonchev–Trinajstić information content (AvgIpc) is 3.65. The van der Waals surface area contributed by atoms with Crippen LogP contribution in [0.15, 0.2) is 36.8 Å². The summed E-state index contributed by atoms with van der Waals surface area (Å²) in [6.07, 6.45) is 9.69. The van der Waals surface area contributed by atoms with Crippen LogP contribution in [-0.2, 0) is 20.9 Å². The van der Waals surface area contributed by atoms with Crippen LogP contribution in [0.5, 0.6) is 0 Å². The monoisotopic (exact) mass is 624 g/mol. The van der Waals surface area contributed by atoms with E-state index < -0.39 is 16.4 Å². The minimum atomic E-state index is -0.580. The molecule has 2 amide bonds. The van der Waals surface area contributed by atoms with Gasteiger partial charge in [-0.3, -0.25) is 29.3 Å². The Balaban J connectivity index is 0.00000177. The van der Waals surface area contributed by atoms with Crippen molar-refractivity contribution in [2.75, 3.05) is 19.6 Å². The second-order valence-electron chi connectivity index (χ2n) is 11.7. The van der Waals surface area contributed by atoms with Crippen LogP contribution in [0, 0.1) is 17.0 Å². The molecule has 1 aliphatic rings. The summed E-state index contributed by atoms with van der Waals surface area (Å²) in [6, 6.07) is 5.77. The zero-order valence-corrected chi connectivity index (χ0v) is 26.1. The molecule has 15 heteroatoms. The fourth-order valence-corrected chi connectivity index (χ4v) is 4.86. The predicted molar refractivity (Wildman–Crippen MR) is 161 cm³/mol. The lowest BCUT2D eigenvalue weighted by Crippen LogP contribution is -2.42. The van der Waals surface area contributed by atoms with Crippen molar-refractivity contribution in [2.24, 2.45) is 0 Å². The molecule has 4 rings (SSSR count). The maximum absolute atomic E-state index is 12.8. The number of ether oxygens (including phenoxy) is 1. The van der Waals surface area contributed by atoms with Crippen molar-refractivity contribution in [3.8, 4) is 11.3 Å². The normalized spacial score (nSPS) is 13.4. The molecule has 242 valence electrons. The molecule has 0 atom stereocenters. The van der Waals surface area contributed by atoms with Crippen molar-refractivity contribution in [1.29, 1.82) is 0 Å². The second-order valence-corrected chi connectivity index (χ2v) is 11.7. The van der Waals surface area contributed by atoms with Gasteiger partial charge in [0, 0.05) is 43.6 Å². The lowest BCUT2D eigenvalue weighted by Gasteiger charge is -2.33. The minimum absolute atomic E-state index is 0.150. The van der Waals surface area contributed by atoms with Gasteiger partial charge in [0.2, 0.25) is 5.69 Å². The van der Waals surface area contributed by atoms with E-state index in [0.717, 1.165) is 49.2 Å². The van der Waals surface area contributed by atoms with Gasteiger partial charge in [0.15, 0.2) is 0 Å². The van der Waals surface area contributed by atoms with E-state index >= 15 is 0 Å². The Labute approximate surface area is 261 Å². The maximum Gasteiger partial charge on any atom is 0.410 e. The van der Waals surface area contributed by atoms with Gasteiger partial charge in [0.1, 0.15) is 11.8 Å². The number of unbranched alkanes of at least 4 members (excludes halogenated alkanes) is 3. The molecular weight excluding hydrogens is 584 g/mol. The predicted octanol–water partition coefficient (Wildman–Crippen LogP) is 4.34. The first-order chi connectivity index (χ1) is 21.4. The van der Waals surface area contributed by atoms with E-state index in [9.17, 15) is 19.7 Å². The van der Waals surface area contributed by atoms with E-state index in [2.05, 4.69) is 20.5 Å². The van der Waals surface area contributed by atoms with Crippen molar-refractivity contribution < 1.29 is 28.8 Å². The largest absolute Gasteiger partial charge is 0.444 e. The van der Waals surface area contributed by atoms with Crippen LogP contribution in [0.4, 0.5) is 10.5 Å². The second kappa shape index (κ2) is 16.2. The average molecular weight is 625 g/mol. The van der Waals surface area contributed by atoms with Crippen LogP contribution >= 0.6 is 0 Å². The number of likely N-dealkylation sites (tertiary alicyclic amines) is 1. The Kier molecular flexibility index (Phi) is 12.5. The Morgan fingerprint density at radius 2 is 1.80 bits per heavy atom. The third-order valence-corrected chi connectivity index (χ3v) is 7.03. The van der Waals surface area contributed by atoms with Gasteiger partial charge < -0.3 is 15.0 Å². The van der Waals surface area contributed by atoms with E-state index in [1.165, 1.54) is 10.9 Å². The van der Waals surface area contributed by atoms with Gasteiger partial charge in [0.05, 0.1) is 22.9 Å². The van der Waals surface area contributed by atoms with E-state index in [4.69, 9.17) is 14.3 Å². The third kappa shape index (κ3) is 10.6. The number of piperidine rings is 1. The zero-order valence-electron chi connectivity index (χ0n) is 26.1. The van der Waals surface area contributed by atoms with Crippen LogP contribution in [0.2, 0.25) is 0 Å². The van der Waals surface area contributed by atoms with Gasteiger partial charge >= 0.3 is 17.9 Å². The summed E-state index contributed by atoms with van der Waals surface area (Å²) in [4.78, 5) is 58.6. The number of carbonyl (C=O) groups is 2. The standard InChI is InChI=1S/C29H40N8O5.CO2/c1-21-10-9-11-24(32-21)22-18-31-35(19-22)15-8-6-5-7-14-30-27(38)26-25(37(40)41)20-36(33-26)23-12-16-34(17-13-23)28(39)42-29(2,3)4;2-1-3/h9-11,18-20,23H,5-8,12-17H2,1-4H3,(H,30,38);. The van der Waals surface area contributed by atoms with E-state index in [-0.39, 0.29) is 29.7 Å². The molecule has 0 aliphatic carbocycles. The molecule has 0 aromatic carbocycles. The van der Waals surface area contributed by atoms with Crippen molar-refractivity contribution in [2.45, 2.75) is 84.4 Å². The molecule has 15 nitrogen and oxygen atoms in total. The van der Waals surface area contributed by atoms with Crippen LogP contribution in [0.3, 0.4) is 0 Å². The minimum Gasteiger partial charge on any atom is -0.444 e. The molecule has 3 aromatic rings. The number of amides is 2. The first-order valence-corrected chi connectivity index (χ1v) is 14.9. The number of hydrogen-bond acceptors (Lipinski definition) is 10.